The first-order valence-electron chi connectivity index (χ1n) is 7.88. The number of hydrogen-bond acceptors (Lipinski definition) is 4. The number of nitrogens with zero attached hydrogens (tertiary/aromatic N) is 2. The predicted molar refractivity (Wildman–Crippen MR) is 83.4 cm³/mol. The molecule has 118 valence electrons. The summed E-state index contributed by atoms with van der Waals surface area (Å²) >= 11 is 0. The Morgan fingerprint density at radius 2 is 2.05 bits per heavy atom. The van der Waals surface area contributed by atoms with Gasteiger partial charge in [-0.1, -0.05) is 25.9 Å². The summed E-state index contributed by atoms with van der Waals surface area (Å²) in [6, 6.07) is 2.40. The minimum Gasteiger partial charge on any atom is -0.361 e. The van der Waals surface area contributed by atoms with Crippen LogP contribution in [0.3, 0.4) is 0 Å². The van der Waals surface area contributed by atoms with Crippen LogP contribution in [0.1, 0.15) is 65.8 Å². The van der Waals surface area contributed by atoms with Gasteiger partial charge in [0.2, 0.25) is 0 Å². The van der Waals surface area contributed by atoms with E-state index >= 15 is 0 Å². The number of hydrogen-bond donors (Lipinski definition) is 0. The number of likely N-dealkylation sites (tertiary alicyclic amines) is 1. The molecule has 1 aromatic rings. The molecule has 1 fully saturated rings. The summed E-state index contributed by atoms with van der Waals surface area (Å²) in [7, 11) is 0. The van der Waals surface area contributed by atoms with Crippen molar-refractivity contribution in [2.24, 2.45) is 0 Å². The van der Waals surface area contributed by atoms with Crippen molar-refractivity contribution < 1.29 is 9.32 Å². The molecule has 0 amide bonds. The van der Waals surface area contributed by atoms with Gasteiger partial charge in [-0.15, -0.1) is 0 Å². The second-order valence-electron chi connectivity index (χ2n) is 7.78. The normalized spacial score (nSPS) is 21.0. The molecule has 2 rings (SSSR count). The van der Waals surface area contributed by atoms with Gasteiger partial charge in [0.1, 0.15) is 5.76 Å². The minimum atomic E-state index is -0.434. The lowest BCUT2D eigenvalue weighted by molar-refractivity contribution is -0.129. The van der Waals surface area contributed by atoms with E-state index in [9.17, 15) is 4.79 Å². The van der Waals surface area contributed by atoms with E-state index in [1.54, 1.807) is 0 Å². The van der Waals surface area contributed by atoms with Gasteiger partial charge in [-0.3, -0.25) is 9.69 Å². The first kappa shape index (κ1) is 16.2. The summed E-state index contributed by atoms with van der Waals surface area (Å²) < 4.78 is 5.37. The van der Waals surface area contributed by atoms with E-state index in [0.717, 1.165) is 18.0 Å². The van der Waals surface area contributed by atoms with Crippen molar-refractivity contribution in [2.45, 2.75) is 77.8 Å². The Morgan fingerprint density at radius 1 is 1.38 bits per heavy atom. The average molecular weight is 292 g/mol. The van der Waals surface area contributed by atoms with E-state index in [-0.39, 0.29) is 11.2 Å². The fourth-order valence-electron chi connectivity index (χ4n) is 3.05. The third kappa shape index (κ3) is 3.37. The van der Waals surface area contributed by atoms with Crippen LogP contribution in [-0.4, -0.2) is 34.0 Å². The molecule has 2 heterocycles. The van der Waals surface area contributed by atoms with Crippen molar-refractivity contribution >= 4 is 5.78 Å². The molecule has 1 aromatic heterocycles. The smallest absolute Gasteiger partial charge is 0.158 e. The van der Waals surface area contributed by atoms with E-state index in [4.69, 9.17) is 4.52 Å². The molecule has 0 saturated carbocycles. The minimum absolute atomic E-state index is 0.0761. The molecular formula is C17H28N2O2. The molecule has 0 aliphatic carbocycles. The molecular weight excluding hydrogens is 264 g/mol. The molecule has 1 saturated heterocycles. The van der Waals surface area contributed by atoms with Crippen molar-refractivity contribution in [3.8, 4) is 0 Å². The number of ketones is 1. The molecule has 0 bridgehead atoms. The van der Waals surface area contributed by atoms with Gasteiger partial charge in [-0.05, 0) is 40.2 Å². The summed E-state index contributed by atoms with van der Waals surface area (Å²) in [4.78, 5) is 15.0. The topological polar surface area (TPSA) is 46.3 Å². The van der Waals surface area contributed by atoms with Crippen LogP contribution in [0.4, 0.5) is 0 Å². The van der Waals surface area contributed by atoms with Crippen LogP contribution >= 0.6 is 0 Å². The van der Waals surface area contributed by atoms with E-state index < -0.39 is 5.54 Å². The highest BCUT2D eigenvalue weighted by Gasteiger charge is 2.39. The van der Waals surface area contributed by atoms with Crippen molar-refractivity contribution in [3.63, 3.8) is 0 Å². The van der Waals surface area contributed by atoms with Crippen LogP contribution < -0.4 is 0 Å². The SMILES string of the molecule is CC1CCCN1C(C)(C)C(=O)Cc1cc(C(C)(C)C)on1. The zero-order chi connectivity index (χ0) is 15.8. The Kier molecular flexibility index (Phi) is 4.29. The summed E-state index contributed by atoms with van der Waals surface area (Å²) in [6.45, 7) is 13.5. The van der Waals surface area contributed by atoms with Crippen molar-refractivity contribution in [1.29, 1.82) is 0 Å². The Hall–Kier alpha value is -1.16. The fourth-order valence-corrected chi connectivity index (χ4v) is 3.05. The Labute approximate surface area is 127 Å². The number of Topliss-reactive ketones (excluding diaryl/α,β-unsaturated/α-hetero) is 1. The zero-order valence-electron chi connectivity index (χ0n) is 14.2. The van der Waals surface area contributed by atoms with Gasteiger partial charge in [0, 0.05) is 17.5 Å². The van der Waals surface area contributed by atoms with Crippen LogP contribution in [0.15, 0.2) is 10.6 Å². The molecule has 1 unspecified atom stereocenters. The lowest BCUT2D eigenvalue weighted by Gasteiger charge is -2.37. The second kappa shape index (κ2) is 5.56. The summed E-state index contributed by atoms with van der Waals surface area (Å²) in [5.74, 6) is 1.04. The summed E-state index contributed by atoms with van der Waals surface area (Å²) in [6.07, 6.45) is 2.70. The molecule has 21 heavy (non-hydrogen) atoms. The number of carbonyl (C=O) groups excluding carboxylic acids is 1. The van der Waals surface area contributed by atoms with Crippen molar-refractivity contribution in [2.75, 3.05) is 6.54 Å². The highest BCUT2D eigenvalue weighted by Crippen LogP contribution is 2.29. The highest BCUT2D eigenvalue weighted by molar-refractivity contribution is 5.89. The van der Waals surface area contributed by atoms with Gasteiger partial charge < -0.3 is 4.52 Å². The van der Waals surface area contributed by atoms with Crippen molar-refractivity contribution in [3.05, 3.63) is 17.5 Å². The molecule has 4 nitrogen and oxygen atoms in total. The predicted octanol–water partition coefficient (Wildman–Crippen LogP) is 3.35. The summed E-state index contributed by atoms with van der Waals surface area (Å²) in [5, 5.41) is 4.07. The zero-order valence-corrected chi connectivity index (χ0v) is 14.2. The maximum absolute atomic E-state index is 12.7. The Balaban J connectivity index is 2.08. The number of rotatable bonds is 4. The van der Waals surface area contributed by atoms with Gasteiger partial charge in [0.05, 0.1) is 17.7 Å². The van der Waals surface area contributed by atoms with E-state index in [1.807, 2.05) is 19.9 Å². The second-order valence-corrected chi connectivity index (χ2v) is 7.78. The van der Waals surface area contributed by atoms with Gasteiger partial charge in [0.25, 0.3) is 0 Å². The maximum atomic E-state index is 12.7. The van der Waals surface area contributed by atoms with Gasteiger partial charge in [-0.25, -0.2) is 0 Å². The third-order valence-corrected chi connectivity index (χ3v) is 4.59. The van der Waals surface area contributed by atoms with Crippen LogP contribution in [0.2, 0.25) is 0 Å². The first-order valence-corrected chi connectivity index (χ1v) is 7.88. The van der Waals surface area contributed by atoms with E-state index in [0.29, 0.717) is 12.5 Å². The molecule has 1 aliphatic heterocycles. The standard InChI is InChI=1S/C17H28N2O2/c1-12-8-7-9-19(12)17(5,6)14(20)10-13-11-15(21-18-13)16(2,3)4/h11-12H,7-10H2,1-6H3. The number of aromatic nitrogens is 1. The monoisotopic (exact) mass is 292 g/mol. The average Bonchev–Trinajstić information content (AvgIpc) is 2.97. The Morgan fingerprint density at radius 3 is 2.52 bits per heavy atom. The fraction of sp³-hybridized carbons (Fsp3) is 0.765. The molecule has 1 aliphatic rings. The van der Waals surface area contributed by atoms with E-state index in [2.05, 4.69) is 37.8 Å². The van der Waals surface area contributed by atoms with Crippen molar-refractivity contribution in [1.82, 2.24) is 10.1 Å². The van der Waals surface area contributed by atoms with Crippen LogP contribution in [0, 0.1) is 0 Å². The quantitative estimate of drug-likeness (QED) is 0.854. The third-order valence-electron chi connectivity index (χ3n) is 4.59. The van der Waals surface area contributed by atoms with Gasteiger partial charge >= 0.3 is 0 Å². The first-order chi connectivity index (χ1) is 9.62. The molecule has 0 spiro atoms. The maximum Gasteiger partial charge on any atom is 0.158 e. The van der Waals surface area contributed by atoms with Gasteiger partial charge in [0.15, 0.2) is 5.78 Å². The van der Waals surface area contributed by atoms with Crippen LogP contribution in [-0.2, 0) is 16.6 Å². The molecule has 1 atom stereocenters. The van der Waals surface area contributed by atoms with Crippen LogP contribution in [0.25, 0.3) is 0 Å². The molecule has 0 radical (unpaired) electrons. The number of carbonyl (C=O) groups is 1. The Bertz CT molecular complexity index is 511. The lowest BCUT2D eigenvalue weighted by atomic mass is 9.90. The lowest BCUT2D eigenvalue weighted by Crippen LogP contribution is -2.52. The largest absolute Gasteiger partial charge is 0.361 e. The highest BCUT2D eigenvalue weighted by atomic mass is 16.5. The molecule has 0 aromatic carbocycles. The summed E-state index contributed by atoms with van der Waals surface area (Å²) in [5.41, 5.74) is 0.231. The van der Waals surface area contributed by atoms with Crippen LogP contribution in [0.5, 0.6) is 0 Å². The molecule has 4 heteroatoms. The molecule has 0 N–H and O–H groups in total. The van der Waals surface area contributed by atoms with Gasteiger partial charge in [-0.2, -0.15) is 0 Å². The van der Waals surface area contributed by atoms with E-state index in [1.165, 1.54) is 12.8 Å².